The molecule has 2 unspecified atom stereocenters. The van der Waals surface area contributed by atoms with Crippen molar-refractivity contribution in [2.75, 3.05) is 23.3 Å². The Labute approximate surface area is 107 Å². The maximum absolute atomic E-state index is 10.9. The Morgan fingerprint density at radius 3 is 2.56 bits per heavy atom. The molecule has 98 valence electrons. The molecule has 0 aromatic carbocycles. The zero-order valence-electron chi connectivity index (χ0n) is 11.0. The van der Waals surface area contributed by atoms with Gasteiger partial charge in [0.25, 0.3) is 0 Å². The van der Waals surface area contributed by atoms with E-state index < -0.39 is 0 Å². The Kier molecular flexibility index (Phi) is 3.81. The first-order valence-corrected chi connectivity index (χ1v) is 6.18. The molecule has 2 rings (SSSR count). The van der Waals surface area contributed by atoms with Crippen LogP contribution in [0, 0.1) is 0 Å². The second-order valence-corrected chi connectivity index (χ2v) is 4.75. The number of carbonyl (C=O) groups excluding carboxylic acids is 1. The van der Waals surface area contributed by atoms with Gasteiger partial charge < -0.3 is 15.0 Å². The SMILES string of the molecule is CC(=O)Nc1ccc(N2CC(C)OC(C)C2)nc1. The number of anilines is 2. The minimum atomic E-state index is -0.0850. The van der Waals surface area contributed by atoms with Crippen LogP contribution in [0.25, 0.3) is 0 Å². The highest BCUT2D eigenvalue weighted by atomic mass is 16.5. The molecule has 5 nitrogen and oxygen atoms in total. The van der Waals surface area contributed by atoms with E-state index in [1.807, 2.05) is 12.1 Å². The van der Waals surface area contributed by atoms with Crippen molar-refractivity contribution in [2.24, 2.45) is 0 Å². The lowest BCUT2D eigenvalue weighted by Crippen LogP contribution is -2.45. The quantitative estimate of drug-likeness (QED) is 0.866. The highest BCUT2D eigenvalue weighted by Gasteiger charge is 2.22. The van der Waals surface area contributed by atoms with Crippen LogP contribution in [0.2, 0.25) is 0 Å². The van der Waals surface area contributed by atoms with Gasteiger partial charge in [-0.25, -0.2) is 4.98 Å². The molecule has 1 N–H and O–H groups in total. The molecule has 0 spiro atoms. The normalized spacial score (nSPS) is 23.8. The molecule has 1 aromatic rings. The molecule has 2 heterocycles. The van der Waals surface area contributed by atoms with Crippen molar-refractivity contribution in [3.05, 3.63) is 18.3 Å². The summed E-state index contributed by atoms with van der Waals surface area (Å²) in [5, 5.41) is 2.71. The average molecular weight is 249 g/mol. The van der Waals surface area contributed by atoms with Gasteiger partial charge in [0.15, 0.2) is 0 Å². The smallest absolute Gasteiger partial charge is 0.221 e. The van der Waals surface area contributed by atoms with Crippen molar-refractivity contribution in [1.82, 2.24) is 4.98 Å². The number of carbonyl (C=O) groups is 1. The summed E-state index contributed by atoms with van der Waals surface area (Å²) in [5.41, 5.74) is 0.723. The average Bonchev–Trinajstić information content (AvgIpc) is 2.27. The van der Waals surface area contributed by atoms with Crippen LogP contribution in [0.5, 0.6) is 0 Å². The fraction of sp³-hybridized carbons (Fsp3) is 0.538. The number of ether oxygens (including phenoxy) is 1. The second kappa shape index (κ2) is 5.35. The fourth-order valence-electron chi connectivity index (χ4n) is 2.22. The van der Waals surface area contributed by atoms with Crippen LogP contribution in [0.15, 0.2) is 18.3 Å². The van der Waals surface area contributed by atoms with E-state index in [-0.39, 0.29) is 18.1 Å². The Hall–Kier alpha value is -1.62. The maximum atomic E-state index is 10.9. The van der Waals surface area contributed by atoms with E-state index in [1.54, 1.807) is 6.20 Å². The van der Waals surface area contributed by atoms with Gasteiger partial charge in [0, 0.05) is 20.0 Å². The lowest BCUT2D eigenvalue weighted by molar-refractivity contribution is -0.114. The summed E-state index contributed by atoms with van der Waals surface area (Å²) in [6.07, 6.45) is 2.11. The van der Waals surface area contributed by atoms with Gasteiger partial charge >= 0.3 is 0 Å². The summed E-state index contributed by atoms with van der Waals surface area (Å²) >= 11 is 0. The first-order chi connectivity index (χ1) is 8.54. The van der Waals surface area contributed by atoms with Gasteiger partial charge in [-0.15, -0.1) is 0 Å². The van der Waals surface area contributed by atoms with E-state index in [0.717, 1.165) is 24.6 Å². The minimum absolute atomic E-state index is 0.0850. The van der Waals surface area contributed by atoms with E-state index in [1.165, 1.54) is 6.92 Å². The molecule has 1 aliphatic rings. The number of morpholine rings is 1. The zero-order chi connectivity index (χ0) is 13.1. The molecular weight excluding hydrogens is 230 g/mol. The number of hydrogen-bond donors (Lipinski definition) is 1. The summed E-state index contributed by atoms with van der Waals surface area (Å²) in [6, 6.07) is 3.80. The lowest BCUT2D eigenvalue weighted by atomic mass is 10.2. The van der Waals surface area contributed by atoms with Crippen molar-refractivity contribution in [2.45, 2.75) is 33.0 Å². The van der Waals surface area contributed by atoms with E-state index in [9.17, 15) is 4.79 Å². The Balaban J connectivity index is 2.06. The standard InChI is InChI=1S/C13H19N3O2/c1-9-7-16(8-10(2)18-9)13-5-4-12(6-14-13)15-11(3)17/h4-6,9-10H,7-8H2,1-3H3,(H,15,17). The molecule has 1 aliphatic heterocycles. The molecule has 1 saturated heterocycles. The Morgan fingerprint density at radius 1 is 1.39 bits per heavy atom. The topological polar surface area (TPSA) is 54.5 Å². The highest BCUT2D eigenvalue weighted by molar-refractivity contribution is 5.88. The van der Waals surface area contributed by atoms with Gasteiger partial charge in [-0.2, -0.15) is 0 Å². The van der Waals surface area contributed by atoms with E-state index in [4.69, 9.17) is 4.74 Å². The molecule has 5 heteroatoms. The van der Waals surface area contributed by atoms with Crippen molar-refractivity contribution in [3.8, 4) is 0 Å². The van der Waals surface area contributed by atoms with Crippen LogP contribution < -0.4 is 10.2 Å². The van der Waals surface area contributed by atoms with Crippen molar-refractivity contribution in [3.63, 3.8) is 0 Å². The first-order valence-electron chi connectivity index (χ1n) is 6.18. The molecular formula is C13H19N3O2. The number of nitrogens with zero attached hydrogens (tertiary/aromatic N) is 2. The number of hydrogen-bond acceptors (Lipinski definition) is 4. The fourth-order valence-corrected chi connectivity index (χ4v) is 2.22. The molecule has 1 amide bonds. The third-order valence-electron chi connectivity index (χ3n) is 2.81. The zero-order valence-corrected chi connectivity index (χ0v) is 11.0. The third kappa shape index (κ3) is 3.20. The molecule has 0 radical (unpaired) electrons. The molecule has 1 fully saturated rings. The van der Waals surface area contributed by atoms with Crippen LogP contribution in [-0.4, -0.2) is 36.2 Å². The highest BCUT2D eigenvalue weighted by Crippen LogP contribution is 2.19. The summed E-state index contributed by atoms with van der Waals surface area (Å²) in [5.74, 6) is 0.837. The predicted molar refractivity (Wildman–Crippen MR) is 70.8 cm³/mol. The van der Waals surface area contributed by atoms with Crippen LogP contribution in [-0.2, 0) is 9.53 Å². The van der Waals surface area contributed by atoms with Gasteiger partial charge in [-0.05, 0) is 26.0 Å². The first kappa shape index (κ1) is 12.8. The maximum Gasteiger partial charge on any atom is 0.221 e. The van der Waals surface area contributed by atoms with Crippen LogP contribution in [0.4, 0.5) is 11.5 Å². The molecule has 0 saturated carbocycles. The van der Waals surface area contributed by atoms with Gasteiger partial charge in [0.05, 0.1) is 24.1 Å². The number of rotatable bonds is 2. The summed E-state index contributed by atoms with van der Waals surface area (Å²) < 4.78 is 5.69. The van der Waals surface area contributed by atoms with Crippen molar-refractivity contribution < 1.29 is 9.53 Å². The molecule has 2 atom stereocenters. The van der Waals surface area contributed by atoms with Crippen LogP contribution >= 0.6 is 0 Å². The number of pyridine rings is 1. The van der Waals surface area contributed by atoms with Crippen LogP contribution in [0.1, 0.15) is 20.8 Å². The number of amides is 1. The Morgan fingerprint density at radius 2 is 2.06 bits per heavy atom. The summed E-state index contributed by atoms with van der Waals surface area (Å²) in [7, 11) is 0. The largest absolute Gasteiger partial charge is 0.372 e. The van der Waals surface area contributed by atoms with Crippen molar-refractivity contribution >= 4 is 17.4 Å². The van der Waals surface area contributed by atoms with E-state index in [0.29, 0.717) is 0 Å². The minimum Gasteiger partial charge on any atom is -0.372 e. The third-order valence-corrected chi connectivity index (χ3v) is 2.81. The van der Waals surface area contributed by atoms with Gasteiger partial charge in [0.1, 0.15) is 5.82 Å². The predicted octanol–water partition coefficient (Wildman–Crippen LogP) is 1.65. The van der Waals surface area contributed by atoms with E-state index in [2.05, 4.69) is 29.0 Å². The van der Waals surface area contributed by atoms with E-state index >= 15 is 0 Å². The van der Waals surface area contributed by atoms with Gasteiger partial charge in [0.2, 0.25) is 5.91 Å². The molecule has 0 aliphatic carbocycles. The van der Waals surface area contributed by atoms with Crippen molar-refractivity contribution in [1.29, 1.82) is 0 Å². The molecule has 0 bridgehead atoms. The van der Waals surface area contributed by atoms with Gasteiger partial charge in [-0.3, -0.25) is 4.79 Å². The monoisotopic (exact) mass is 249 g/mol. The second-order valence-electron chi connectivity index (χ2n) is 4.75. The Bertz CT molecular complexity index is 409. The number of nitrogens with one attached hydrogen (secondary N) is 1. The summed E-state index contributed by atoms with van der Waals surface area (Å²) in [4.78, 5) is 17.5. The molecule has 1 aromatic heterocycles. The van der Waals surface area contributed by atoms with Gasteiger partial charge in [-0.1, -0.05) is 0 Å². The lowest BCUT2D eigenvalue weighted by Gasteiger charge is -2.36. The van der Waals surface area contributed by atoms with Crippen LogP contribution in [0.3, 0.4) is 0 Å². The number of aromatic nitrogens is 1. The molecule has 18 heavy (non-hydrogen) atoms. The summed E-state index contributed by atoms with van der Waals surface area (Å²) in [6.45, 7) is 7.30.